The number of hydrogen-bond acceptors (Lipinski definition) is 4. The number of rotatable bonds is 6. The summed E-state index contributed by atoms with van der Waals surface area (Å²) in [6, 6.07) is 10.1. The van der Waals surface area contributed by atoms with Crippen LogP contribution in [0.5, 0.6) is 0 Å². The van der Waals surface area contributed by atoms with Crippen LogP contribution < -0.4 is 0 Å². The molecule has 0 spiro atoms. The normalized spacial score (nSPS) is 21.7. The van der Waals surface area contributed by atoms with Crippen molar-refractivity contribution in [3.05, 3.63) is 41.7 Å². The standard InChI is InChI=1S/C26H35N3O3/c1-19-9-11-21(12-10-19)23-16-22(32-27-23)17-26(25(31)28(2)3)13-6-14-29(18-26)24(30)15-20-7-4-5-8-20/h9-12,16,20H,4-8,13-15,17-18H2,1-3H3/t26-/m0/s1. The van der Waals surface area contributed by atoms with E-state index in [4.69, 9.17) is 4.52 Å². The molecule has 1 saturated carbocycles. The van der Waals surface area contributed by atoms with E-state index in [1.165, 1.54) is 18.4 Å². The van der Waals surface area contributed by atoms with Gasteiger partial charge in [-0.1, -0.05) is 47.8 Å². The van der Waals surface area contributed by atoms with E-state index in [9.17, 15) is 9.59 Å². The van der Waals surface area contributed by atoms with E-state index in [1.54, 1.807) is 19.0 Å². The molecule has 0 radical (unpaired) electrons. The van der Waals surface area contributed by atoms with Crippen LogP contribution in [-0.2, 0) is 16.0 Å². The molecule has 6 heteroatoms. The Morgan fingerprint density at radius 1 is 1.16 bits per heavy atom. The minimum absolute atomic E-state index is 0.0594. The third kappa shape index (κ3) is 4.89. The zero-order chi connectivity index (χ0) is 22.7. The number of aromatic nitrogens is 1. The first-order chi connectivity index (χ1) is 15.4. The average molecular weight is 438 g/mol. The van der Waals surface area contributed by atoms with E-state index >= 15 is 0 Å². The quantitative estimate of drug-likeness (QED) is 0.669. The van der Waals surface area contributed by atoms with Crippen LogP contribution in [0.2, 0.25) is 0 Å². The largest absolute Gasteiger partial charge is 0.361 e. The number of amides is 2. The van der Waals surface area contributed by atoms with Gasteiger partial charge < -0.3 is 14.3 Å². The second-order valence-electron chi connectivity index (χ2n) is 9.97. The lowest BCUT2D eigenvalue weighted by atomic mass is 9.75. The molecule has 2 heterocycles. The molecule has 0 N–H and O–H groups in total. The molecule has 1 aliphatic heterocycles. The van der Waals surface area contributed by atoms with Crippen LogP contribution >= 0.6 is 0 Å². The second kappa shape index (κ2) is 9.47. The van der Waals surface area contributed by atoms with Gasteiger partial charge >= 0.3 is 0 Å². The predicted octanol–water partition coefficient (Wildman–Crippen LogP) is 4.47. The Morgan fingerprint density at radius 2 is 1.88 bits per heavy atom. The molecule has 4 rings (SSSR count). The van der Waals surface area contributed by atoms with Crippen molar-refractivity contribution in [2.75, 3.05) is 27.2 Å². The molecule has 1 aromatic carbocycles. The van der Waals surface area contributed by atoms with Crippen LogP contribution in [0, 0.1) is 18.3 Å². The van der Waals surface area contributed by atoms with Crippen molar-refractivity contribution in [2.24, 2.45) is 11.3 Å². The summed E-state index contributed by atoms with van der Waals surface area (Å²) in [5.41, 5.74) is 2.29. The van der Waals surface area contributed by atoms with Gasteiger partial charge in [-0.3, -0.25) is 9.59 Å². The highest BCUT2D eigenvalue weighted by molar-refractivity contribution is 5.84. The summed E-state index contributed by atoms with van der Waals surface area (Å²) < 4.78 is 5.69. The Hall–Kier alpha value is -2.63. The number of aryl methyl sites for hydroxylation is 1. The first kappa shape index (κ1) is 22.6. The molecule has 32 heavy (non-hydrogen) atoms. The van der Waals surface area contributed by atoms with Crippen molar-refractivity contribution >= 4 is 11.8 Å². The summed E-state index contributed by atoms with van der Waals surface area (Å²) in [6.07, 6.45) is 7.42. The van der Waals surface area contributed by atoms with Crippen LogP contribution in [0.4, 0.5) is 0 Å². The van der Waals surface area contributed by atoms with Crippen LogP contribution in [0.1, 0.15) is 56.3 Å². The molecular formula is C26H35N3O3. The molecule has 1 saturated heterocycles. The van der Waals surface area contributed by atoms with Gasteiger partial charge in [-0.05, 0) is 38.5 Å². The Morgan fingerprint density at radius 3 is 2.56 bits per heavy atom. The van der Waals surface area contributed by atoms with E-state index in [-0.39, 0.29) is 11.8 Å². The van der Waals surface area contributed by atoms with Gasteiger partial charge in [0.15, 0.2) is 0 Å². The Labute approximate surface area is 190 Å². The van der Waals surface area contributed by atoms with Crippen molar-refractivity contribution in [2.45, 2.75) is 58.3 Å². The highest BCUT2D eigenvalue weighted by Crippen LogP contribution is 2.37. The first-order valence-corrected chi connectivity index (χ1v) is 11.9. The molecule has 1 aromatic heterocycles. The van der Waals surface area contributed by atoms with Crippen molar-refractivity contribution in [1.29, 1.82) is 0 Å². The van der Waals surface area contributed by atoms with E-state index in [1.807, 2.05) is 23.1 Å². The Balaban J connectivity index is 1.53. The van der Waals surface area contributed by atoms with Crippen LogP contribution in [0.3, 0.4) is 0 Å². The molecule has 6 nitrogen and oxygen atoms in total. The fourth-order valence-electron chi connectivity index (χ4n) is 5.39. The minimum atomic E-state index is -0.669. The number of piperidine rings is 1. The molecule has 1 atom stereocenters. The zero-order valence-electron chi connectivity index (χ0n) is 19.6. The zero-order valence-corrected chi connectivity index (χ0v) is 19.6. The maximum Gasteiger partial charge on any atom is 0.230 e. The molecule has 2 fully saturated rings. The average Bonchev–Trinajstić information content (AvgIpc) is 3.46. The maximum atomic E-state index is 13.4. The fraction of sp³-hybridized carbons (Fsp3) is 0.577. The lowest BCUT2D eigenvalue weighted by molar-refractivity contribution is -0.147. The summed E-state index contributed by atoms with van der Waals surface area (Å²) in [6.45, 7) is 3.24. The molecular weight excluding hydrogens is 402 g/mol. The third-order valence-corrected chi connectivity index (χ3v) is 7.15. The summed E-state index contributed by atoms with van der Waals surface area (Å²) in [7, 11) is 3.59. The summed E-state index contributed by atoms with van der Waals surface area (Å²) in [5.74, 6) is 1.46. The van der Waals surface area contributed by atoms with Crippen molar-refractivity contribution in [3.8, 4) is 11.3 Å². The number of carbonyl (C=O) groups excluding carboxylic acids is 2. The minimum Gasteiger partial charge on any atom is -0.361 e. The van der Waals surface area contributed by atoms with E-state index in [0.29, 0.717) is 31.1 Å². The summed E-state index contributed by atoms with van der Waals surface area (Å²) in [5, 5.41) is 4.26. The van der Waals surface area contributed by atoms with Crippen LogP contribution in [0.25, 0.3) is 11.3 Å². The third-order valence-electron chi connectivity index (χ3n) is 7.15. The van der Waals surface area contributed by atoms with Gasteiger partial charge in [-0.25, -0.2) is 0 Å². The van der Waals surface area contributed by atoms with Gasteiger partial charge in [0.2, 0.25) is 11.8 Å². The molecule has 2 amide bonds. The number of carbonyl (C=O) groups is 2. The highest BCUT2D eigenvalue weighted by Gasteiger charge is 2.45. The Kier molecular flexibility index (Phi) is 6.68. The van der Waals surface area contributed by atoms with Crippen molar-refractivity contribution in [3.63, 3.8) is 0 Å². The van der Waals surface area contributed by atoms with Crippen molar-refractivity contribution in [1.82, 2.24) is 15.0 Å². The fourth-order valence-corrected chi connectivity index (χ4v) is 5.39. The monoisotopic (exact) mass is 437 g/mol. The molecule has 0 bridgehead atoms. The second-order valence-corrected chi connectivity index (χ2v) is 9.97. The molecule has 1 aliphatic carbocycles. The molecule has 2 aliphatic rings. The van der Waals surface area contributed by atoms with Crippen LogP contribution in [-0.4, -0.2) is 54.0 Å². The van der Waals surface area contributed by atoms with E-state index in [2.05, 4.69) is 24.2 Å². The van der Waals surface area contributed by atoms with Gasteiger partial charge in [0.1, 0.15) is 11.5 Å². The lowest BCUT2D eigenvalue weighted by Gasteiger charge is -2.42. The van der Waals surface area contributed by atoms with Crippen LogP contribution in [0.15, 0.2) is 34.9 Å². The smallest absolute Gasteiger partial charge is 0.230 e. The van der Waals surface area contributed by atoms with Crippen molar-refractivity contribution < 1.29 is 14.1 Å². The molecule has 172 valence electrons. The predicted molar refractivity (Wildman–Crippen MR) is 124 cm³/mol. The lowest BCUT2D eigenvalue weighted by Crippen LogP contribution is -2.54. The van der Waals surface area contributed by atoms with Gasteiger partial charge in [0.25, 0.3) is 0 Å². The van der Waals surface area contributed by atoms with E-state index in [0.717, 1.165) is 43.5 Å². The van der Waals surface area contributed by atoms with Gasteiger partial charge in [-0.15, -0.1) is 0 Å². The van der Waals surface area contributed by atoms with Gasteiger partial charge in [0, 0.05) is 51.7 Å². The van der Waals surface area contributed by atoms with Gasteiger partial charge in [0.05, 0.1) is 5.41 Å². The molecule has 2 aromatic rings. The SMILES string of the molecule is Cc1ccc(-c2cc(C[C@@]3(C(=O)N(C)C)CCCN(C(=O)CC4CCCC4)C3)on2)cc1. The summed E-state index contributed by atoms with van der Waals surface area (Å²) >= 11 is 0. The number of nitrogens with zero attached hydrogens (tertiary/aromatic N) is 3. The molecule has 0 unspecified atom stereocenters. The number of benzene rings is 1. The topological polar surface area (TPSA) is 66.7 Å². The summed E-state index contributed by atoms with van der Waals surface area (Å²) in [4.78, 5) is 30.0. The Bertz CT molecular complexity index is 943. The van der Waals surface area contributed by atoms with E-state index < -0.39 is 5.41 Å². The highest BCUT2D eigenvalue weighted by atomic mass is 16.5. The van der Waals surface area contributed by atoms with Gasteiger partial charge in [-0.2, -0.15) is 0 Å². The first-order valence-electron chi connectivity index (χ1n) is 11.9. The number of hydrogen-bond donors (Lipinski definition) is 0. The maximum absolute atomic E-state index is 13.4. The number of likely N-dealkylation sites (tertiary alicyclic amines) is 1.